The van der Waals surface area contributed by atoms with Gasteiger partial charge in [0, 0.05) is 43.9 Å². The first-order chi connectivity index (χ1) is 14.2. The monoisotopic (exact) mass is 416 g/mol. The number of carbonyl (C=O) groups is 1. The van der Waals surface area contributed by atoms with Crippen LogP contribution in [-0.4, -0.2) is 53.4 Å². The third-order valence-corrected chi connectivity index (χ3v) is 7.01. The number of amides is 1. The van der Waals surface area contributed by atoms with Gasteiger partial charge < -0.3 is 15.5 Å². The fourth-order valence-electron chi connectivity index (χ4n) is 4.26. The Morgan fingerprint density at radius 2 is 2.07 bits per heavy atom. The molecule has 1 saturated carbocycles. The molecule has 1 aromatic carbocycles. The maximum Gasteiger partial charge on any atom is 0.222 e. The van der Waals surface area contributed by atoms with Crippen molar-refractivity contribution in [2.75, 3.05) is 25.4 Å². The zero-order chi connectivity index (χ0) is 20.5. The molecule has 0 aromatic heterocycles. The summed E-state index contributed by atoms with van der Waals surface area (Å²) in [7, 11) is 0. The molecule has 0 spiro atoms. The molecule has 1 aliphatic carbocycles. The van der Waals surface area contributed by atoms with Crippen molar-refractivity contribution >= 4 is 23.6 Å². The highest BCUT2D eigenvalue weighted by atomic mass is 32.2. The molecule has 2 unspecified atom stereocenters. The van der Waals surface area contributed by atoms with Crippen molar-refractivity contribution in [1.82, 2.24) is 15.5 Å². The lowest BCUT2D eigenvalue weighted by Crippen LogP contribution is -2.42. The Kier molecular flexibility index (Phi) is 8.71. The van der Waals surface area contributed by atoms with Crippen LogP contribution in [0.5, 0.6) is 0 Å². The third kappa shape index (κ3) is 6.66. The maximum absolute atomic E-state index is 12.6. The van der Waals surface area contributed by atoms with E-state index in [-0.39, 0.29) is 5.91 Å². The van der Waals surface area contributed by atoms with Crippen molar-refractivity contribution in [1.29, 1.82) is 0 Å². The van der Waals surface area contributed by atoms with Gasteiger partial charge in [-0.15, -0.1) is 0 Å². The lowest BCUT2D eigenvalue weighted by molar-refractivity contribution is -0.132. The number of carbonyl (C=O) groups excluding carboxylic acids is 1. The topological polar surface area (TPSA) is 56.7 Å². The van der Waals surface area contributed by atoms with E-state index in [0.717, 1.165) is 43.7 Å². The molecule has 2 aliphatic rings. The largest absolute Gasteiger partial charge is 0.357 e. The molecular formula is C23H36N4OS. The van der Waals surface area contributed by atoms with Gasteiger partial charge in [-0.2, -0.15) is 11.8 Å². The summed E-state index contributed by atoms with van der Waals surface area (Å²) in [6.45, 7) is 7.46. The fourth-order valence-corrected chi connectivity index (χ4v) is 5.40. The number of thioether (sulfide) groups is 1. The molecule has 160 valence electrons. The van der Waals surface area contributed by atoms with Crippen molar-refractivity contribution in [3.63, 3.8) is 0 Å². The van der Waals surface area contributed by atoms with Gasteiger partial charge in [0.15, 0.2) is 5.96 Å². The van der Waals surface area contributed by atoms with Gasteiger partial charge >= 0.3 is 0 Å². The standard InChI is InChI=1S/C23H36N4OS/c1-3-24-23(26-20-11-12-21(16-20)29-4-2)25-14-7-10-22(28)27-15-13-18-8-5-6-9-19(18)17-27/h5-6,8-9,20-21H,3-4,7,10-17H2,1-2H3,(H2,24,25,26). The number of benzene rings is 1. The van der Waals surface area contributed by atoms with E-state index < -0.39 is 0 Å². The molecule has 2 N–H and O–H groups in total. The molecule has 1 fully saturated rings. The number of rotatable bonds is 8. The summed E-state index contributed by atoms with van der Waals surface area (Å²) in [5.41, 5.74) is 2.67. The Morgan fingerprint density at radius 3 is 2.86 bits per heavy atom. The van der Waals surface area contributed by atoms with E-state index >= 15 is 0 Å². The van der Waals surface area contributed by atoms with Gasteiger partial charge in [-0.05, 0) is 55.9 Å². The second kappa shape index (κ2) is 11.5. The van der Waals surface area contributed by atoms with E-state index in [2.05, 4.69) is 60.5 Å². The van der Waals surface area contributed by atoms with Crippen molar-refractivity contribution in [3.8, 4) is 0 Å². The summed E-state index contributed by atoms with van der Waals surface area (Å²) in [6.07, 6.45) is 6.07. The molecule has 2 atom stereocenters. The van der Waals surface area contributed by atoms with Gasteiger partial charge in [-0.3, -0.25) is 9.79 Å². The third-order valence-electron chi connectivity index (χ3n) is 5.77. The number of hydrogen-bond donors (Lipinski definition) is 2. The number of guanidine groups is 1. The number of hydrogen-bond acceptors (Lipinski definition) is 3. The molecule has 1 amide bonds. The van der Waals surface area contributed by atoms with Gasteiger partial charge in [0.25, 0.3) is 0 Å². The molecular weight excluding hydrogens is 380 g/mol. The molecule has 0 saturated heterocycles. The molecule has 6 heteroatoms. The van der Waals surface area contributed by atoms with E-state index in [1.807, 2.05) is 4.90 Å². The Bertz CT molecular complexity index is 693. The summed E-state index contributed by atoms with van der Waals surface area (Å²) < 4.78 is 0. The van der Waals surface area contributed by atoms with E-state index in [9.17, 15) is 4.79 Å². The SMILES string of the molecule is CCNC(=NCCCC(=O)N1CCc2ccccc2C1)NC1CCC(SCC)C1. The Hall–Kier alpha value is -1.69. The van der Waals surface area contributed by atoms with E-state index in [1.54, 1.807) is 0 Å². The minimum absolute atomic E-state index is 0.253. The van der Waals surface area contributed by atoms with Crippen LogP contribution in [0.1, 0.15) is 57.1 Å². The zero-order valence-corrected chi connectivity index (χ0v) is 18.8. The zero-order valence-electron chi connectivity index (χ0n) is 18.0. The van der Waals surface area contributed by atoms with Crippen LogP contribution in [-0.2, 0) is 17.8 Å². The molecule has 0 radical (unpaired) electrons. The summed E-state index contributed by atoms with van der Waals surface area (Å²) in [6, 6.07) is 8.98. The van der Waals surface area contributed by atoms with Gasteiger partial charge in [-0.25, -0.2) is 0 Å². The fraction of sp³-hybridized carbons (Fsp3) is 0.652. The summed E-state index contributed by atoms with van der Waals surface area (Å²) in [5, 5.41) is 7.74. The predicted octanol–water partition coefficient (Wildman–Crippen LogP) is 3.58. The molecule has 0 bridgehead atoms. The highest BCUT2D eigenvalue weighted by molar-refractivity contribution is 7.99. The van der Waals surface area contributed by atoms with Crippen molar-refractivity contribution < 1.29 is 4.79 Å². The number of nitrogens with zero attached hydrogens (tertiary/aromatic N) is 2. The average Bonchev–Trinajstić information content (AvgIpc) is 3.18. The lowest BCUT2D eigenvalue weighted by atomic mass is 9.99. The number of nitrogens with one attached hydrogen (secondary N) is 2. The first-order valence-electron chi connectivity index (χ1n) is 11.2. The van der Waals surface area contributed by atoms with Gasteiger partial charge in [-0.1, -0.05) is 31.2 Å². The highest BCUT2D eigenvalue weighted by Crippen LogP contribution is 2.29. The molecule has 3 rings (SSSR count). The van der Waals surface area contributed by atoms with E-state index in [1.165, 1.54) is 36.1 Å². The second-order valence-electron chi connectivity index (χ2n) is 7.93. The van der Waals surface area contributed by atoms with Gasteiger partial charge in [0.1, 0.15) is 0 Å². The minimum Gasteiger partial charge on any atom is -0.357 e. The van der Waals surface area contributed by atoms with Gasteiger partial charge in [0.05, 0.1) is 0 Å². The van der Waals surface area contributed by atoms with Crippen LogP contribution < -0.4 is 10.6 Å². The van der Waals surface area contributed by atoms with Crippen molar-refractivity contribution in [2.45, 2.75) is 70.2 Å². The van der Waals surface area contributed by atoms with Crippen molar-refractivity contribution in [3.05, 3.63) is 35.4 Å². The Morgan fingerprint density at radius 1 is 1.24 bits per heavy atom. The van der Waals surface area contributed by atoms with Crippen LogP contribution in [0, 0.1) is 0 Å². The number of fused-ring (bicyclic) bond motifs is 1. The molecule has 29 heavy (non-hydrogen) atoms. The molecule has 5 nitrogen and oxygen atoms in total. The summed E-state index contributed by atoms with van der Waals surface area (Å²) in [5.74, 6) is 2.35. The first-order valence-corrected chi connectivity index (χ1v) is 12.3. The van der Waals surface area contributed by atoms with Crippen LogP contribution >= 0.6 is 11.8 Å². The van der Waals surface area contributed by atoms with E-state index in [4.69, 9.17) is 4.99 Å². The second-order valence-corrected chi connectivity index (χ2v) is 9.51. The van der Waals surface area contributed by atoms with Crippen molar-refractivity contribution in [2.24, 2.45) is 4.99 Å². The van der Waals surface area contributed by atoms with Crippen LogP contribution in [0.3, 0.4) is 0 Å². The Labute approximate surface area is 180 Å². The van der Waals surface area contributed by atoms with Crippen LogP contribution in [0.15, 0.2) is 29.3 Å². The number of aliphatic imine (C=N–C) groups is 1. The lowest BCUT2D eigenvalue weighted by Gasteiger charge is -2.29. The molecule has 1 heterocycles. The highest BCUT2D eigenvalue weighted by Gasteiger charge is 2.25. The predicted molar refractivity (Wildman–Crippen MR) is 123 cm³/mol. The molecule has 1 aromatic rings. The van der Waals surface area contributed by atoms with Crippen LogP contribution in [0.4, 0.5) is 0 Å². The quantitative estimate of drug-likeness (QED) is 0.386. The maximum atomic E-state index is 12.6. The molecule has 1 aliphatic heterocycles. The van der Waals surface area contributed by atoms with Crippen LogP contribution in [0.2, 0.25) is 0 Å². The smallest absolute Gasteiger partial charge is 0.222 e. The van der Waals surface area contributed by atoms with Gasteiger partial charge in [0.2, 0.25) is 5.91 Å². The minimum atomic E-state index is 0.253. The van der Waals surface area contributed by atoms with Crippen LogP contribution in [0.25, 0.3) is 0 Å². The Balaban J connectivity index is 1.41. The summed E-state index contributed by atoms with van der Waals surface area (Å²) in [4.78, 5) is 19.3. The van der Waals surface area contributed by atoms with E-state index in [0.29, 0.717) is 19.0 Å². The normalized spacial score (nSPS) is 21.7. The summed E-state index contributed by atoms with van der Waals surface area (Å²) >= 11 is 2.07. The first kappa shape index (κ1) is 22.0. The average molecular weight is 417 g/mol.